The highest BCUT2D eigenvalue weighted by Gasteiger charge is 2.21. The standard InChI is InChI=1S/C21H25BrFNO4/c1-5-26-18-11-14(12-19(27-6-2)20(18)28-7-3)21(25)24(4)13-15-10-16(22)8-9-17(15)23/h8-12H,5-7,13H2,1-4H3. The number of rotatable bonds is 9. The van der Waals surface area contributed by atoms with Gasteiger partial charge in [-0.15, -0.1) is 0 Å². The van der Waals surface area contributed by atoms with Gasteiger partial charge in [0.25, 0.3) is 5.91 Å². The third-order valence-electron chi connectivity index (χ3n) is 3.92. The van der Waals surface area contributed by atoms with Crippen LogP contribution in [0.1, 0.15) is 36.7 Å². The average Bonchev–Trinajstić information content (AvgIpc) is 2.66. The highest BCUT2D eigenvalue weighted by molar-refractivity contribution is 9.10. The molecule has 0 saturated carbocycles. The third kappa shape index (κ3) is 5.38. The van der Waals surface area contributed by atoms with Gasteiger partial charge in [0, 0.05) is 29.2 Å². The quantitative estimate of drug-likeness (QED) is 0.532. The predicted molar refractivity (Wildman–Crippen MR) is 110 cm³/mol. The number of nitrogens with zero attached hydrogens (tertiary/aromatic N) is 1. The molecule has 0 N–H and O–H groups in total. The number of hydrogen-bond acceptors (Lipinski definition) is 4. The van der Waals surface area contributed by atoms with E-state index in [0.717, 1.165) is 4.47 Å². The van der Waals surface area contributed by atoms with E-state index in [1.165, 1.54) is 11.0 Å². The predicted octanol–water partition coefficient (Wildman–Crippen LogP) is 5.06. The Kier molecular flexibility index (Phi) is 8.11. The number of hydrogen-bond donors (Lipinski definition) is 0. The van der Waals surface area contributed by atoms with Crippen molar-refractivity contribution in [2.45, 2.75) is 27.3 Å². The van der Waals surface area contributed by atoms with Crippen molar-refractivity contribution in [1.82, 2.24) is 4.90 Å². The molecule has 0 aliphatic heterocycles. The Balaban J connectivity index is 2.36. The van der Waals surface area contributed by atoms with Crippen LogP contribution >= 0.6 is 15.9 Å². The summed E-state index contributed by atoms with van der Waals surface area (Å²) in [5.74, 6) is 0.730. The Bertz CT molecular complexity index is 801. The van der Waals surface area contributed by atoms with Crippen LogP contribution in [0.2, 0.25) is 0 Å². The molecule has 2 aromatic rings. The lowest BCUT2D eigenvalue weighted by Crippen LogP contribution is -2.26. The largest absolute Gasteiger partial charge is 0.490 e. The van der Waals surface area contributed by atoms with Crippen LogP contribution in [0, 0.1) is 5.82 Å². The molecule has 0 aromatic heterocycles. The van der Waals surface area contributed by atoms with Crippen molar-refractivity contribution in [3.8, 4) is 17.2 Å². The monoisotopic (exact) mass is 453 g/mol. The molecule has 28 heavy (non-hydrogen) atoms. The zero-order chi connectivity index (χ0) is 20.7. The van der Waals surface area contributed by atoms with Gasteiger partial charge in [0.15, 0.2) is 11.5 Å². The number of ether oxygens (including phenoxy) is 3. The van der Waals surface area contributed by atoms with Crippen LogP contribution in [0.25, 0.3) is 0 Å². The third-order valence-corrected chi connectivity index (χ3v) is 4.41. The Labute approximate surface area is 173 Å². The molecule has 0 bridgehead atoms. The van der Waals surface area contributed by atoms with E-state index in [-0.39, 0.29) is 18.3 Å². The first kappa shape index (κ1) is 22.0. The lowest BCUT2D eigenvalue weighted by molar-refractivity contribution is 0.0782. The molecule has 0 saturated heterocycles. The lowest BCUT2D eigenvalue weighted by atomic mass is 10.1. The number of carbonyl (C=O) groups excluding carboxylic acids is 1. The SMILES string of the molecule is CCOc1cc(C(=O)N(C)Cc2cc(Br)ccc2F)cc(OCC)c1OCC. The van der Waals surface area contributed by atoms with Crippen LogP contribution in [0.5, 0.6) is 17.2 Å². The minimum absolute atomic E-state index is 0.130. The molecule has 1 amide bonds. The number of halogens is 2. The molecule has 5 nitrogen and oxygen atoms in total. The van der Waals surface area contributed by atoms with Gasteiger partial charge in [-0.3, -0.25) is 4.79 Å². The van der Waals surface area contributed by atoms with E-state index in [9.17, 15) is 9.18 Å². The molecule has 0 aliphatic carbocycles. The zero-order valence-electron chi connectivity index (χ0n) is 16.6. The fourth-order valence-corrected chi connectivity index (χ4v) is 3.13. The van der Waals surface area contributed by atoms with Crippen molar-refractivity contribution in [3.63, 3.8) is 0 Å². The highest BCUT2D eigenvalue weighted by Crippen LogP contribution is 2.39. The van der Waals surface area contributed by atoms with Gasteiger partial charge in [-0.2, -0.15) is 0 Å². The fourth-order valence-electron chi connectivity index (χ4n) is 2.72. The molecule has 2 rings (SSSR count). The molecule has 0 unspecified atom stereocenters. The summed E-state index contributed by atoms with van der Waals surface area (Å²) in [5, 5.41) is 0. The van der Waals surface area contributed by atoms with Gasteiger partial charge in [0.2, 0.25) is 5.75 Å². The maximum Gasteiger partial charge on any atom is 0.254 e. The Morgan fingerprint density at radius 1 is 1.00 bits per heavy atom. The zero-order valence-corrected chi connectivity index (χ0v) is 18.1. The van der Waals surface area contributed by atoms with Crippen LogP contribution in [-0.4, -0.2) is 37.7 Å². The summed E-state index contributed by atoms with van der Waals surface area (Å²) in [6.07, 6.45) is 0. The first-order valence-electron chi connectivity index (χ1n) is 9.17. The first-order valence-corrected chi connectivity index (χ1v) is 9.96. The molecular weight excluding hydrogens is 429 g/mol. The number of carbonyl (C=O) groups is 1. The summed E-state index contributed by atoms with van der Waals surface area (Å²) in [6.45, 7) is 6.98. The second-order valence-electron chi connectivity index (χ2n) is 6.00. The van der Waals surface area contributed by atoms with Gasteiger partial charge in [0.05, 0.1) is 19.8 Å². The van der Waals surface area contributed by atoms with Crippen molar-refractivity contribution >= 4 is 21.8 Å². The van der Waals surface area contributed by atoms with Crippen LogP contribution in [0.15, 0.2) is 34.8 Å². The molecule has 0 spiro atoms. The van der Waals surface area contributed by atoms with Crippen molar-refractivity contribution in [1.29, 1.82) is 0 Å². The van der Waals surface area contributed by atoms with Crippen LogP contribution < -0.4 is 14.2 Å². The fraction of sp³-hybridized carbons (Fsp3) is 0.381. The van der Waals surface area contributed by atoms with E-state index < -0.39 is 0 Å². The van der Waals surface area contributed by atoms with Crippen molar-refractivity contribution in [3.05, 3.63) is 51.7 Å². The lowest BCUT2D eigenvalue weighted by Gasteiger charge is -2.21. The van der Waals surface area contributed by atoms with E-state index in [1.807, 2.05) is 20.8 Å². The van der Waals surface area contributed by atoms with E-state index >= 15 is 0 Å². The van der Waals surface area contributed by atoms with Crippen LogP contribution in [0.4, 0.5) is 4.39 Å². The van der Waals surface area contributed by atoms with Gasteiger partial charge >= 0.3 is 0 Å². The van der Waals surface area contributed by atoms with E-state index in [2.05, 4.69) is 15.9 Å². The molecule has 0 heterocycles. The number of amides is 1. The van der Waals surface area contributed by atoms with Crippen molar-refractivity contribution < 1.29 is 23.4 Å². The van der Waals surface area contributed by atoms with Gasteiger partial charge in [-0.25, -0.2) is 4.39 Å². The molecule has 0 radical (unpaired) electrons. The Morgan fingerprint density at radius 2 is 1.57 bits per heavy atom. The van der Waals surface area contributed by atoms with Gasteiger partial charge < -0.3 is 19.1 Å². The van der Waals surface area contributed by atoms with E-state index in [4.69, 9.17) is 14.2 Å². The average molecular weight is 454 g/mol. The topological polar surface area (TPSA) is 48.0 Å². The van der Waals surface area contributed by atoms with Crippen LogP contribution in [0.3, 0.4) is 0 Å². The molecule has 0 atom stereocenters. The van der Waals surface area contributed by atoms with Crippen molar-refractivity contribution in [2.24, 2.45) is 0 Å². The summed E-state index contributed by atoms with van der Waals surface area (Å²) < 4.78 is 31.8. The maximum atomic E-state index is 14.0. The molecular formula is C21H25BrFNO4. The molecule has 2 aromatic carbocycles. The summed E-state index contributed by atoms with van der Waals surface area (Å²) in [7, 11) is 1.62. The Hall–Kier alpha value is -2.28. The summed E-state index contributed by atoms with van der Waals surface area (Å²) in [4.78, 5) is 14.4. The minimum atomic E-state index is -0.362. The molecule has 7 heteroatoms. The first-order chi connectivity index (χ1) is 13.4. The van der Waals surface area contributed by atoms with Gasteiger partial charge in [-0.05, 0) is 51.1 Å². The van der Waals surface area contributed by atoms with E-state index in [0.29, 0.717) is 48.2 Å². The number of benzene rings is 2. The van der Waals surface area contributed by atoms with Gasteiger partial charge in [-0.1, -0.05) is 15.9 Å². The highest BCUT2D eigenvalue weighted by atomic mass is 79.9. The summed E-state index contributed by atoms with van der Waals surface area (Å²) in [5.41, 5.74) is 0.805. The molecule has 152 valence electrons. The smallest absolute Gasteiger partial charge is 0.254 e. The van der Waals surface area contributed by atoms with Crippen molar-refractivity contribution in [2.75, 3.05) is 26.9 Å². The molecule has 0 fully saturated rings. The van der Waals surface area contributed by atoms with E-state index in [1.54, 1.807) is 31.3 Å². The second-order valence-corrected chi connectivity index (χ2v) is 6.91. The Morgan fingerprint density at radius 3 is 2.11 bits per heavy atom. The van der Waals surface area contributed by atoms with Gasteiger partial charge in [0.1, 0.15) is 5.82 Å². The molecule has 0 aliphatic rings. The normalized spacial score (nSPS) is 10.5. The summed E-state index contributed by atoms with van der Waals surface area (Å²) in [6, 6.07) is 7.92. The second kappa shape index (κ2) is 10.3. The summed E-state index contributed by atoms with van der Waals surface area (Å²) >= 11 is 3.33. The minimum Gasteiger partial charge on any atom is -0.490 e. The van der Waals surface area contributed by atoms with Crippen LogP contribution in [-0.2, 0) is 6.54 Å². The maximum absolute atomic E-state index is 14.0.